The van der Waals surface area contributed by atoms with Crippen LogP contribution < -0.4 is 11.1 Å². The fourth-order valence-corrected chi connectivity index (χ4v) is 1.97. The van der Waals surface area contributed by atoms with Crippen molar-refractivity contribution in [3.05, 3.63) is 45.6 Å². The predicted octanol–water partition coefficient (Wildman–Crippen LogP) is 1.99. The van der Waals surface area contributed by atoms with Gasteiger partial charge in [-0.05, 0) is 35.0 Å². The lowest BCUT2D eigenvalue weighted by Crippen LogP contribution is -2.23. The molecule has 4 N–H and O–H groups in total. The van der Waals surface area contributed by atoms with Crippen LogP contribution in [0.15, 0.2) is 28.9 Å². The third kappa shape index (κ3) is 2.70. The number of anilines is 1. The molecule has 2 aromatic rings. The van der Waals surface area contributed by atoms with Crippen molar-refractivity contribution < 1.29 is 4.79 Å². The summed E-state index contributed by atoms with van der Waals surface area (Å²) in [5.41, 5.74) is 8.05. The first-order chi connectivity index (χ1) is 8.58. The Hall–Kier alpha value is -1.82. The van der Waals surface area contributed by atoms with Crippen LogP contribution in [0.1, 0.15) is 21.5 Å². The van der Waals surface area contributed by atoms with E-state index in [1.54, 1.807) is 6.20 Å². The molecule has 5 nitrogen and oxygen atoms in total. The van der Waals surface area contributed by atoms with Gasteiger partial charge in [0.05, 0.1) is 11.8 Å². The summed E-state index contributed by atoms with van der Waals surface area (Å²) in [7, 11) is 0. The Labute approximate surface area is 113 Å². The number of nitrogens with two attached hydrogens (primary N) is 1. The van der Waals surface area contributed by atoms with Gasteiger partial charge < -0.3 is 11.1 Å². The molecule has 0 saturated heterocycles. The third-order valence-electron chi connectivity index (χ3n) is 2.56. The number of aryl methyl sites for hydroxylation is 1. The molecule has 1 amide bonds. The Bertz CT molecular complexity index is 579. The highest BCUT2D eigenvalue weighted by atomic mass is 79.9. The number of nitrogen functional groups attached to an aromatic ring is 1. The van der Waals surface area contributed by atoms with E-state index in [0.29, 0.717) is 17.9 Å². The summed E-state index contributed by atoms with van der Waals surface area (Å²) in [6.45, 7) is 2.29. The maximum atomic E-state index is 12.0. The predicted molar refractivity (Wildman–Crippen MR) is 73.0 cm³/mol. The van der Waals surface area contributed by atoms with Gasteiger partial charge >= 0.3 is 0 Å². The monoisotopic (exact) mass is 308 g/mol. The molecule has 0 aliphatic heterocycles. The molecule has 0 saturated carbocycles. The molecule has 0 aliphatic carbocycles. The zero-order valence-electron chi connectivity index (χ0n) is 9.83. The zero-order chi connectivity index (χ0) is 13.1. The van der Waals surface area contributed by atoms with E-state index in [-0.39, 0.29) is 5.91 Å². The number of nitrogens with zero attached hydrogens (tertiary/aromatic N) is 1. The Morgan fingerprint density at radius 2 is 2.33 bits per heavy atom. The number of carbonyl (C=O) groups excluding carboxylic acids is 1. The number of aromatic nitrogens is 2. The smallest absolute Gasteiger partial charge is 0.252 e. The molecule has 0 atom stereocenters. The number of halogens is 1. The highest BCUT2D eigenvalue weighted by Gasteiger charge is 2.10. The van der Waals surface area contributed by atoms with Crippen molar-refractivity contribution in [2.75, 3.05) is 5.73 Å². The Morgan fingerprint density at radius 3 is 3.00 bits per heavy atom. The van der Waals surface area contributed by atoms with Crippen molar-refractivity contribution in [3.8, 4) is 0 Å². The molecule has 2 rings (SSSR count). The van der Waals surface area contributed by atoms with Gasteiger partial charge in [0, 0.05) is 16.6 Å². The molecule has 0 unspecified atom stereocenters. The topological polar surface area (TPSA) is 83.8 Å². The van der Waals surface area contributed by atoms with Gasteiger partial charge in [-0.3, -0.25) is 9.89 Å². The number of carbonyl (C=O) groups is 1. The van der Waals surface area contributed by atoms with E-state index in [1.165, 1.54) is 0 Å². The molecule has 0 fully saturated rings. The Kier molecular flexibility index (Phi) is 3.66. The maximum Gasteiger partial charge on any atom is 0.252 e. The first-order valence-corrected chi connectivity index (χ1v) is 6.19. The number of hydrogen-bond acceptors (Lipinski definition) is 3. The summed E-state index contributed by atoms with van der Waals surface area (Å²) in [5, 5.41) is 9.21. The molecule has 0 radical (unpaired) electrons. The molecule has 1 aromatic heterocycles. The highest BCUT2D eigenvalue weighted by Crippen LogP contribution is 2.18. The number of aromatic amines is 1. The summed E-state index contributed by atoms with van der Waals surface area (Å²) in [6.07, 6.45) is 1.60. The standard InChI is InChI=1S/C12H13BrN4O/c1-7-2-3-10(13)9(4-7)12(18)15-5-8-6-16-17-11(8)14/h2-4,6H,5H2,1H3,(H,15,18)(H3,14,16,17). The van der Waals surface area contributed by atoms with Crippen LogP contribution in [0.4, 0.5) is 5.82 Å². The third-order valence-corrected chi connectivity index (χ3v) is 3.25. The first kappa shape index (κ1) is 12.6. The lowest BCUT2D eigenvalue weighted by molar-refractivity contribution is 0.0950. The molecular weight excluding hydrogens is 296 g/mol. The van der Waals surface area contributed by atoms with Gasteiger partial charge in [0.2, 0.25) is 0 Å². The molecule has 0 spiro atoms. The lowest BCUT2D eigenvalue weighted by Gasteiger charge is -2.07. The summed E-state index contributed by atoms with van der Waals surface area (Å²) in [6, 6.07) is 5.63. The molecule has 1 aromatic carbocycles. The van der Waals surface area contributed by atoms with E-state index in [0.717, 1.165) is 15.6 Å². The van der Waals surface area contributed by atoms with Gasteiger partial charge in [-0.2, -0.15) is 5.10 Å². The van der Waals surface area contributed by atoms with Crippen LogP contribution in [0.2, 0.25) is 0 Å². The van der Waals surface area contributed by atoms with Crippen LogP contribution in [0.25, 0.3) is 0 Å². The summed E-state index contributed by atoms with van der Waals surface area (Å²) >= 11 is 3.36. The van der Waals surface area contributed by atoms with Crippen molar-refractivity contribution in [2.45, 2.75) is 13.5 Å². The minimum Gasteiger partial charge on any atom is -0.384 e. The van der Waals surface area contributed by atoms with E-state index >= 15 is 0 Å². The summed E-state index contributed by atoms with van der Waals surface area (Å²) in [4.78, 5) is 12.0. The molecule has 0 aliphatic rings. The highest BCUT2D eigenvalue weighted by molar-refractivity contribution is 9.10. The molecule has 18 heavy (non-hydrogen) atoms. The van der Waals surface area contributed by atoms with Crippen LogP contribution in [-0.2, 0) is 6.54 Å². The van der Waals surface area contributed by atoms with Crippen LogP contribution in [0.3, 0.4) is 0 Å². The number of hydrogen-bond donors (Lipinski definition) is 3. The second-order valence-electron chi connectivity index (χ2n) is 3.97. The number of rotatable bonds is 3. The SMILES string of the molecule is Cc1ccc(Br)c(C(=O)NCc2cn[nH]c2N)c1. The quantitative estimate of drug-likeness (QED) is 0.811. The summed E-state index contributed by atoms with van der Waals surface area (Å²) < 4.78 is 0.769. The van der Waals surface area contributed by atoms with Gasteiger partial charge in [-0.1, -0.05) is 11.6 Å². The van der Waals surface area contributed by atoms with Crippen molar-refractivity contribution in [2.24, 2.45) is 0 Å². The molecule has 0 bridgehead atoms. The van der Waals surface area contributed by atoms with E-state index < -0.39 is 0 Å². The summed E-state index contributed by atoms with van der Waals surface area (Å²) in [5.74, 6) is 0.324. The average molecular weight is 309 g/mol. The van der Waals surface area contributed by atoms with Crippen molar-refractivity contribution in [1.82, 2.24) is 15.5 Å². The van der Waals surface area contributed by atoms with Crippen LogP contribution in [-0.4, -0.2) is 16.1 Å². The van der Waals surface area contributed by atoms with Crippen LogP contribution >= 0.6 is 15.9 Å². The Balaban J connectivity index is 2.08. The van der Waals surface area contributed by atoms with Crippen molar-refractivity contribution in [3.63, 3.8) is 0 Å². The van der Waals surface area contributed by atoms with Gasteiger partial charge in [-0.25, -0.2) is 0 Å². The molecule has 94 valence electrons. The second-order valence-corrected chi connectivity index (χ2v) is 4.83. The largest absolute Gasteiger partial charge is 0.384 e. The van der Waals surface area contributed by atoms with Gasteiger partial charge in [0.1, 0.15) is 5.82 Å². The van der Waals surface area contributed by atoms with E-state index in [2.05, 4.69) is 31.4 Å². The normalized spacial score (nSPS) is 10.3. The van der Waals surface area contributed by atoms with Crippen molar-refractivity contribution >= 4 is 27.7 Å². The van der Waals surface area contributed by atoms with E-state index in [9.17, 15) is 4.79 Å². The fraction of sp³-hybridized carbons (Fsp3) is 0.167. The Morgan fingerprint density at radius 1 is 1.56 bits per heavy atom. The van der Waals surface area contributed by atoms with Gasteiger partial charge in [0.15, 0.2) is 0 Å². The van der Waals surface area contributed by atoms with E-state index in [1.807, 2.05) is 25.1 Å². The average Bonchev–Trinajstić information content (AvgIpc) is 2.75. The minimum absolute atomic E-state index is 0.147. The van der Waals surface area contributed by atoms with Crippen LogP contribution in [0, 0.1) is 6.92 Å². The number of benzene rings is 1. The van der Waals surface area contributed by atoms with Crippen molar-refractivity contribution in [1.29, 1.82) is 0 Å². The number of nitrogens with one attached hydrogen (secondary N) is 2. The number of amides is 1. The fourth-order valence-electron chi connectivity index (χ4n) is 1.55. The van der Waals surface area contributed by atoms with Crippen LogP contribution in [0.5, 0.6) is 0 Å². The molecule has 1 heterocycles. The van der Waals surface area contributed by atoms with Gasteiger partial charge in [-0.15, -0.1) is 0 Å². The molecule has 6 heteroatoms. The second kappa shape index (κ2) is 5.22. The lowest BCUT2D eigenvalue weighted by atomic mass is 10.1. The first-order valence-electron chi connectivity index (χ1n) is 5.40. The van der Waals surface area contributed by atoms with E-state index in [4.69, 9.17) is 5.73 Å². The maximum absolute atomic E-state index is 12.0. The number of H-pyrrole nitrogens is 1. The molecular formula is C12H13BrN4O. The van der Waals surface area contributed by atoms with Gasteiger partial charge in [0.25, 0.3) is 5.91 Å². The zero-order valence-corrected chi connectivity index (χ0v) is 11.4. The minimum atomic E-state index is -0.147.